The van der Waals surface area contributed by atoms with Crippen molar-refractivity contribution in [1.82, 2.24) is 0 Å². The first-order chi connectivity index (χ1) is 15.3. The highest BCUT2D eigenvalue weighted by Gasteiger charge is 2.15. The summed E-state index contributed by atoms with van der Waals surface area (Å²) in [5.74, 6) is 0. The van der Waals surface area contributed by atoms with Gasteiger partial charge in [0, 0.05) is 10.5 Å². The predicted molar refractivity (Wildman–Crippen MR) is 142 cm³/mol. The molecule has 0 aliphatic carbocycles. The molecular weight excluding hydrogens is 400 g/mol. The second-order valence-corrected chi connectivity index (χ2v) is 11.3. The lowest BCUT2D eigenvalue weighted by Crippen LogP contribution is -2.18. The van der Waals surface area contributed by atoms with Gasteiger partial charge in [-0.05, 0) is 12.8 Å². The topological polar surface area (TPSA) is 40.5 Å². The van der Waals surface area contributed by atoms with Gasteiger partial charge in [0.25, 0.3) is 0 Å². The third-order valence-corrected chi connectivity index (χ3v) is 8.09. The molecule has 0 aromatic carbocycles. The van der Waals surface area contributed by atoms with Crippen molar-refractivity contribution < 1.29 is 10.2 Å². The molecule has 0 fully saturated rings. The van der Waals surface area contributed by atoms with E-state index in [9.17, 15) is 10.2 Å². The van der Waals surface area contributed by atoms with E-state index in [1.54, 1.807) is 0 Å². The lowest BCUT2D eigenvalue weighted by Gasteiger charge is -2.20. The van der Waals surface area contributed by atoms with Crippen molar-refractivity contribution in [3.63, 3.8) is 0 Å². The zero-order chi connectivity index (χ0) is 22.8. The van der Waals surface area contributed by atoms with Crippen LogP contribution in [0.2, 0.25) is 0 Å². The van der Waals surface area contributed by atoms with Crippen molar-refractivity contribution in [1.29, 1.82) is 0 Å². The summed E-state index contributed by atoms with van der Waals surface area (Å²) in [7, 11) is 0. The van der Waals surface area contributed by atoms with E-state index < -0.39 is 0 Å². The maximum Gasteiger partial charge on any atom is 0.0550 e. The molecule has 0 saturated heterocycles. The fraction of sp³-hybridized carbons (Fsp3) is 1.00. The Labute approximate surface area is 200 Å². The Morgan fingerprint density at radius 2 is 0.677 bits per heavy atom. The maximum atomic E-state index is 9.76. The van der Waals surface area contributed by atoms with E-state index in [1.807, 2.05) is 11.8 Å². The van der Waals surface area contributed by atoms with E-state index >= 15 is 0 Å². The molecule has 0 radical (unpaired) electrons. The molecule has 2 N–H and O–H groups in total. The van der Waals surface area contributed by atoms with Gasteiger partial charge in [-0.2, -0.15) is 11.8 Å². The van der Waals surface area contributed by atoms with Gasteiger partial charge < -0.3 is 10.2 Å². The van der Waals surface area contributed by atoms with Crippen molar-refractivity contribution >= 4 is 11.8 Å². The molecule has 0 bridgehead atoms. The van der Waals surface area contributed by atoms with Crippen molar-refractivity contribution in [3.8, 4) is 0 Å². The first-order valence-corrected chi connectivity index (χ1v) is 15.1. The molecular formula is C28H58O2S. The monoisotopic (exact) mass is 458 g/mol. The average Bonchev–Trinajstić information content (AvgIpc) is 2.79. The van der Waals surface area contributed by atoms with E-state index in [-0.39, 0.29) is 13.2 Å². The van der Waals surface area contributed by atoms with Gasteiger partial charge in [0.05, 0.1) is 13.2 Å². The summed E-state index contributed by atoms with van der Waals surface area (Å²) >= 11 is 1.85. The molecule has 0 heterocycles. The Morgan fingerprint density at radius 1 is 0.419 bits per heavy atom. The smallest absolute Gasteiger partial charge is 0.0550 e. The molecule has 2 nitrogen and oxygen atoms in total. The van der Waals surface area contributed by atoms with E-state index in [1.165, 1.54) is 128 Å². The SMILES string of the molecule is CCCCCCCCCCCCC(CO)SC(CO)CCCCCCCCCCCC. The van der Waals surface area contributed by atoms with Crippen molar-refractivity contribution in [2.24, 2.45) is 0 Å². The fourth-order valence-electron chi connectivity index (χ4n) is 4.40. The van der Waals surface area contributed by atoms with Gasteiger partial charge in [0.2, 0.25) is 0 Å². The van der Waals surface area contributed by atoms with E-state index in [2.05, 4.69) is 13.8 Å². The Hall–Kier alpha value is 0.270. The molecule has 0 amide bonds. The van der Waals surface area contributed by atoms with Crippen LogP contribution in [-0.4, -0.2) is 33.9 Å². The largest absolute Gasteiger partial charge is 0.395 e. The Kier molecular flexibility index (Phi) is 26.8. The van der Waals surface area contributed by atoms with Crippen LogP contribution in [-0.2, 0) is 0 Å². The summed E-state index contributed by atoms with van der Waals surface area (Å²) in [6.45, 7) is 5.07. The van der Waals surface area contributed by atoms with Gasteiger partial charge in [0.15, 0.2) is 0 Å². The van der Waals surface area contributed by atoms with E-state index in [0.29, 0.717) is 10.5 Å². The van der Waals surface area contributed by atoms with Crippen LogP contribution >= 0.6 is 11.8 Å². The van der Waals surface area contributed by atoms with Crippen LogP contribution < -0.4 is 0 Å². The van der Waals surface area contributed by atoms with Crippen LogP contribution in [0.5, 0.6) is 0 Å². The van der Waals surface area contributed by atoms with Gasteiger partial charge >= 0.3 is 0 Å². The minimum absolute atomic E-state index is 0.261. The van der Waals surface area contributed by atoms with Crippen LogP contribution in [0.4, 0.5) is 0 Å². The standard InChI is InChI=1S/C28H58O2S/c1-3-5-7-9-11-13-15-17-19-21-23-27(25-29)31-28(26-30)24-22-20-18-16-14-12-10-8-6-4-2/h27-30H,3-26H2,1-2H3. The summed E-state index contributed by atoms with van der Waals surface area (Å²) in [5, 5.41) is 20.1. The molecule has 0 aliphatic heterocycles. The quantitative estimate of drug-likeness (QED) is 0.127. The van der Waals surface area contributed by atoms with Crippen LogP contribution in [0, 0.1) is 0 Å². The number of rotatable bonds is 26. The Balaban J connectivity index is 3.59. The van der Waals surface area contributed by atoms with Crippen LogP contribution in [0.15, 0.2) is 0 Å². The summed E-state index contributed by atoms with van der Waals surface area (Å²) < 4.78 is 0. The van der Waals surface area contributed by atoms with Crippen molar-refractivity contribution in [2.75, 3.05) is 13.2 Å². The normalized spacial score (nSPS) is 13.5. The summed E-state index contributed by atoms with van der Waals surface area (Å²) in [6.07, 6.45) is 29.4. The van der Waals surface area contributed by atoms with Gasteiger partial charge in [-0.3, -0.25) is 0 Å². The zero-order valence-corrected chi connectivity index (χ0v) is 22.2. The molecule has 0 saturated carbocycles. The molecule has 0 aromatic heterocycles. The van der Waals surface area contributed by atoms with E-state index in [4.69, 9.17) is 0 Å². The molecule has 2 atom stereocenters. The Bertz CT molecular complexity index is 294. The van der Waals surface area contributed by atoms with Crippen LogP contribution in [0.3, 0.4) is 0 Å². The molecule has 2 unspecified atom stereocenters. The highest BCUT2D eigenvalue weighted by Crippen LogP contribution is 2.26. The molecule has 0 aliphatic rings. The summed E-state index contributed by atoms with van der Waals surface area (Å²) in [5.41, 5.74) is 0. The van der Waals surface area contributed by atoms with Gasteiger partial charge in [-0.25, -0.2) is 0 Å². The predicted octanol–water partition coefficient (Wildman–Crippen LogP) is 9.06. The lowest BCUT2D eigenvalue weighted by atomic mass is 10.1. The van der Waals surface area contributed by atoms with Crippen molar-refractivity contribution in [3.05, 3.63) is 0 Å². The number of aliphatic hydroxyl groups excluding tert-OH is 2. The number of aliphatic hydroxyl groups is 2. The lowest BCUT2D eigenvalue weighted by molar-refractivity contribution is 0.279. The second-order valence-electron chi connectivity index (χ2n) is 9.69. The minimum Gasteiger partial charge on any atom is -0.395 e. The third kappa shape index (κ3) is 23.2. The number of hydrogen-bond acceptors (Lipinski definition) is 3. The molecule has 31 heavy (non-hydrogen) atoms. The molecule has 3 heteroatoms. The number of hydrogen-bond donors (Lipinski definition) is 2. The molecule has 0 aromatic rings. The van der Waals surface area contributed by atoms with Crippen molar-refractivity contribution in [2.45, 2.75) is 166 Å². The maximum absolute atomic E-state index is 9.76. The number of thioether (sulfide) groups is 1. The molecule has 188 valence electrons. The minimum atomic E-state index is 0.261. The zero-order valence-electron chi connectivity index (χ0n) is 21.4. The van der Waals surface area contributed by atoms with Gasteiger partial charge in [-0.1, -0.05) is 142 Å². The first kappa shape index (κ1) is 31.3. The Morgan fingerprint density at radius 3 is 0.935 bits per heavy atom. The van der Waals surface area contributed by atoms with Crippen LogP contribution in [0.25, 0.3) is 0 Å². The molecule has 0 rings (SSSR count). The third-order valence-electron chi connectivity index (χ3n) is 6.55. The highest BCUT2D eigenvalue weighted by atomic mass is 32.2. The first-order valence-electron chi connectivity index (χ1n) is 14.2. The average molecular weight is 459 g/mol. The number of unbranched alkanes of at least 4 members (excludes halogenated alkanes) is 18. The van der Waals surface area contributed by atoms with Gasteiger partial charge in [0.1, 0.15) is 0 Å². The highest BCUT2D eigenvalue weighted by molar-refractivity contribution is 8.00. The summed E-state index contributed by atoms with van der Waals surface area (Å²) in [6, 6.07) is 0. The summed E-state index contributed by atoms with van der Waals surface area (Å²) in [4.78, 5) is 0. The van der Waals surface area contributed by atoms with E-state index in [0.717, 1.165) is 12.8 Å². The van der Waals surface area contributed by atoms with Crippen LogP contribution in [0.1, 0.15) is 155 Å². The molecule has 0 spiro atoms. The second kappa shape index (κ2) is 26.5. The fourth-order valence-corrected chi connectivity index (χ4v) is 5.72. The van der Waals surface area contributed by atoms with Gasteiger partial charge in [-0.15, -0.1) is 0 Å².